The third kappa shape index (κ3) is 5.69. The van der Waals surface area contributed by atoms with Crippen molar-refractivity contribution in [1.29, 1.82) is 0 Å². The van der Waals surface area contributed by atoms with Gasteiger partial charge in [0.05, 0.1) is 10.6 Å². The summed E-state index contributed by atoms with van der Waals surface area (Å²) in [7, 11) is 0. The Morgan fingerprint density at radius 2 is 2.15 bits per heavy atom. The van der Waals surface area contributed by atoms with Crippen LogP contribution in [0.3, 0.4) is 0 Å². The number of carbonyl (C=O) groups excluding carboxylic acids is 1. The number of carbonyl (C=O) groups is 1. The van der Waals surface area contributed by atoms with Gasteiger partial charge in [-0.15, -0.1) is 0 Å². The molecule has 1 N–H and O–H groups in total. The lowest BCUT2D eigenvalue weighted by atomic mass is 10.1. The number of hydrogen-bond donors (Lipinski definition) is 1. The number of benzene rings is 1. The molecule has 20 heavy (non-hydrogen) atoms. The molecule has 0 aliphatic rings. The molecule has 1 aromatic carbocycles. The van der Waals surface area contributed by atoms with Crippen molar-refractivity contribution >= 4 is 33.4 Å². The molecule has 0 atom stereocenters. The van der Waals surface area contributed by atoms with Crippen LogP contribution in [0.2, 0.25) is 5.02 Å². The van der Waals surface area contributed by atoms with Crippen LogP contribution in [0, 0.1) is 0 Å². The summed E-state index contributed by atoms with van der Waals surface area (Å²) in [5.74, 6) is 0.274. The fraction of sp³-hybridized carbons (Fsp3) is 0.500. The number of ether oxygens (including phenoxy) is 1. The van der Waals surface area contributed by atoms with Crippen LogP contribution in [0.15, 0.2) is 22.7 Å². The molecule has 0 bridgehead atoms. The highest BCUT2D eigenvalue weighted by atomic mass is 79.9. The van der Waals surface area contributed by atoms with Gasteiger partial charge in [0.2, 0.25) is 0 Å². The monoisotopic (exact) mass is 363 g/mol. The average molecular weight is 365 g/mol. The Hall–Kier alpha value is -0.780. The molecule has 0 heterocycles. The molecule has 1 rings (SSSR count). The Morgan fingerprint density at radius 3 is 2.65 bits per heavy atom. The zero-order chi connectivity index (χ0) is 15.3. The van der Waals surface area contributed by atoms with E-state index in [9.17, 15) is 9.90 Å². The summed E-state index contributed by atoms with van der Waals surface area (Å²) in [5.41, 5.74) is -0.930. The SMILES string of the molecule is CCN(CC(C)(C)O)C(=O)COc1ccc(Br)cc1Cl. The van der Waals surface area contributed by atoms with Gasteiger partial charge in [-0.1, -0.05) is 27.5 Å². The van der Waals surface area contributed by atoms with E-state index in [1.165, 1.54) is 0 Å². The Balaban J connectivity index is 2.61. The molecule has 1 amide bonds. The van der Waals surface area contributed by atoms with Gasteiger partial charge in [0.1, 0.15) is 5.75 Å². The van der Waals surface area contributed by atoms with E-state index in [4.69, 9.17) is 16.3 Å². The van der Waals surface area contributed by atoms with E-state index in [1.807, 2.05) is 6.92 Å². The predicted octanol–water partition coefficient (Wildman–Crippen LogP) is 3.10. The van der Waals surface area contributed by atoms with Crippen LogP contribution in [-0.2, 0) is 4.79 Å². The highest BCUT2D eigenvalue weighted by Crippen LogP contribution is 2.27. The standard InChI is InChI=1S/C14H19BrClNO3/c1-4-17(9-14(2,3)19)13(18)8-20-12-6-5-10(15)7-11(12)16/h5-7,19H,4,8-9H2,1-3H3. The normalized spacial score (nSPS) is 11.3. The summed E-state index contributed by atoms with van der Waals surface area (Å²) in [6.45, 7) is 5.85. The van der Waals surface area contributed by atoms with Crippen molar-refractivity contribution in [2.24, 2.45) is 0 Å². The summed E-state index contributed by atoms with van der Waals surface area (Å²) in [6.07, 6.45) is 0. The van der Waals surface area contributed by atoms with Crippen molar-refractivity contribution in [2.45, 2.75) is 26.4 Å². The predicted molar refractivity (Wildman–Crippen MR) is 83.2 cm³/mol. The maximum absolute atomic E-state index is 12.0. The van der Waals surface area contributed by atoms with Crippen molar-refractivity contribution < 1.29 is 14.6 Å². The molecular formula is C14H19BrClNO3. The largest absolute Gasteiger partial charge is 0.482 e. The molecule has 0 saturated heterocycles. The summed E-state index contributed by atoms with van der Waals surface area (Å²) >= 11 is 9.31. The molecule has 0 saturated carbocycles. The zero-order valence-corrected chi connectivity index (χ0v) is 14.2. The second-order valence-corrected chi connectivity index (χ2v) is 6.41. The summed E-state index contributed by atoms with van der Waals surface area (Å²) < 4.78 is 6.27. The first-order chi connectivity index (χ1) is 9.23. The number of amides is 1. The van der Waals surface area contributed by atoms with E-state index in [-0.39, 0.29) is 19.1 Å². The molecule has 0 aliphatic carbocycles. The molecule has 4 nitrogen and oxygen atoms in total. The minimum Gasteiger partial charge on any atom is -0.482 e. The molecule has 6 heteroatoms. The zero-order valence-electron chi connectivity index (χ0n) is 11.8. The molecule has 0 aliphatic heterocycles. The first-order valence-corrected chi connectivity index (χ1v) is 7.48. The van der Waals surface area contributed by atoms with Gasteiger partial charge in [0.15, 0.2) is 6.61 Å². The van der Waals surface area contributed by atoms with Gasteiger partial charge in [-0.2, -0.15) is 0 Å². The van der Waals surface area contributed by atoms with Crippen LogP contribution in [0.25, 0.3) is 0 Å². The van der Waals surface area contributed by atoms with E-state index in [1.54, 1.807) is 36.9 Å². The van der Waals surface area contributed by atoms with Crippen molar-refractivity contribution in [3.63, 3.8) is 0 Å². The first kappa shape index (κ1) is 17.3. The summed E-state index contributed by atoms with van der Waals surface area (Å²) in [5, 5.41) is 10.2. The number of likely N-dealkylation sites (N-methyl/N-ethyl adjacent to an activating group) is 1. The second kappa shape index (κ2) is 7.29. The van der Waals surface area contributed by atoms with Crippen molar-refractivity contribution in [3.05, 3.63) is 27.7 Å². The fourth-order valence-electron chi connectivity index (χ4n) is 1.67. The molecule has 0 spiro atoms. The summed E-state index contributed by atoms with van der Waals surface area (Å²) in [4.78, 5) is 13.6. The third-order valence-corrected chi connectivity index (χ3v) is 3.35. The van der Waals surface area contributed by atoms with Gasteiger partial charge in [0.25, 0.3) is 5.91 Å². The number of nitrogens with zero attached hydrogens (tertiary/aromatic N) is 1. The maximum Gasteiger partial charge on any atom is 0.260 e. The number of rotatable bonds is 6. The minimum absolute atomic E-state index is 0.106. The quantitative estimate of drug-likeness (QED) is 0.844. The van der Waals surface area contributed by atoms with E-state index in [2.05, 4.69) is 15.9 Å². The Bertz CT molecular complexity index is 474. The molecular weight excluding hydrogens is 346 g/mol. The lowest BCUT2D eigenvalue weighted by Crippen LogP contribution is -2.44. The first-order valence-electron chi connectivity index (χ1n) is 6.31. The van der Waals surface area contributed by atoms with Gasteiger partial charge in [-0.05, 0) is 39.0 Å². The molecule has 0 fully saturated rings. The van der Waals surface area contributed by atoms with Gasteiger partial charge >= 0.3 is 0 Å². The van der Waals surface area contributed by atoms with Gasteiger partial charge in [0, 0.05) is 17.6 Å². The minimum atomic E-state index is -0.930. The van der Waals surface area contributed by atoms with E-state index in [0.29, 0.717) is 17.3 Å². The highest BCUT2D eigenvalue weighted by molar-refractivity contribution is 9.10. The highest BCUT2D eigenvalue weighted by Gasteiger charge is 2.21. The van der Waals surface area contributed by atoms with Crippen LogP contribution < -0.4 is 4.74 Å². The number of hydrogen-bond acceptors (Lipinski definition) is 3. The topological polar surface area (TPSA) is 49.8 Å². The lowest BCUT2D eigenvalue weighted by Gasteiger charge is -2.28. The molecule has 0 aromatic heterocycles. The smallest absolute Gasteiger partial charge is 0.260 e. The van der Waals surface area contributed by atoms with Gasteiger partial charge in [-0.25, -0.2) is 0 Å². The van der Waals surface area contributed by atoms with E-state index in [0.717, 1.165) is 4.47 Å². The van der Waals surface area contributed by atoms with Crippen molar-refractivity contribution in [1.82, 2.24) is 4.90 Å². The average Bonchev–Trinajstić information content (AvgIpc) is 2.33. The van der Waals surface area contributed by atoms with Crippen LogP contribution in [-0.4, -0.2) is 41.2 Å². The molecule has 0 unspecified atom stereocenters. The molecule has 1 aromatic rings. The molecule has 0 radical (unpaired) electrons. The van der Waals surface area contributed by atoms with Crippen molar-refractivity contribution in [3.8, 4) is 5.75 Å². The fourth-order valence-corrected chi connectivity index (χ4v) is 2.39. The Labute approximate surface area is 132 Å². The third-order valence-electron chi connectivity index (χ3n) is 2.56. The van der Waals surface area contributed by atoms with Gasteiger partial charge in [-0.3, -0.25) is 4.79 Å². The number of halogens is 2. The van der Waals surface area contributed by atoms with Crippen LogP contribution >= 0.6 is 27.5 Å². The van der Waals surface area contributed by atoms with E-state index < -0.39 is 5.60 Å². The van der Waals surface area contributed by atoms with Crippen LogP contribution in [0.4, 0.5) is 0 Å². The summed E-state index contributed by atoms with van der Waals surface area (Å²) in [6, 6.07) is 5.20. The van der Waals surface area contributed by atoms with Gasteiger partial charge < -0.3 is 14.7 Å². The second-order valence-electron chi connectivity index (χ2n) is 5.08. The molecule has 112 valence electrons. The van der Waals surface area contributed by atoms with Crippen molar-refractivity contribution in [2.75, 3.05) is 19.7 Å². The van der Waals surface area contributed by atoms with Crippen LogP contribution in [0.1, 0.15) is 20.8 Å². The number of aliphatic hydroxyl groups is 1. The maximum atomic E-state index is 12.0. The Kier molecular flexibility index (Phi) is 6.30. The van der Waals surface area contributed by atoms with E-state index >= 15 is 0 Å². The van der Waals surface area contributed by atoms with Crippen LogP contribution in [0.5, 0.6) is 5.75 Å². The Morgan fingerprint density at radius 1 is 1.50 bits per heavy atom. The lowest BCUT2D eigenvalue weighted by molar-refractivity contribution is -0.136.